The minimum Gasteiger partial charge on any atom is -0.348 e. The van der Waals surface area contributed by atoms with Crippen LogP contribution in [-0.4, -0.2) is 42.8 Å². The van der Waals surface area contributed by atoms with Gasteiger partial charge in [-0.25, -0.2) is 0 Å². The minimum absolute atomic E-state index is 0.145. The fourth-order valence-electron chi connectivity index (χ4n) is 3.29. The second-order valence-corrected chi connectivity index (χ2v) is 6.92. The van der Waals surface area contributed by atoms with E-state index in [-0.39, 0.29) is 30.0 Å². The van der Waals surface area contributed by atoms with E-state index in [0.29, 0.717) is 6.61 Å². The highest BCUT2D eigenvalue weighted by Crippen LogP contribution is 2.51. The van der Waals surface area contributed by atoms with Crippen LogP contribution in [0.1, 0.15) is 34.6 Å². The van der Waals surface area contributed by atoms with Gasteiger partial charge < -0.3 is 23.7 Å². The van der Waals surface area contributed by atoms with Crippen molar-refractivity contribution in [2.24, 2.45) is 5.41 Å². The average molecular weight is 284 g/mol. The summed E-state index contributed by atoms with van der Waals surface area (Å²) in [6, 6.07) is 0. The van der Waals surface area contributed by atoms with Crippen molar-refractivity contribution in [3.05, 3.63) is 12.7 Å². The van der Waals surface area contributed by atoms with Crippen LogP contribution in [0, 0.1) is 5.41 Å². The van der Waals surface area contributed by atoms with Gasteiger partial charge in [0.25, 0.3) is 0 Å². The van der Waals surface area contributed by atoms with E-state index in [1.165, 1.54) is 0 Å². The molecule has 0 spiro atoms. The van der Waals surface area contributed by atoms with Crippen LogP contribution in [0.15, 0.2) is 12.7 Å². The molecule has 0 aromatic rings. The van der Waals surface area contributed by atoms with Gasteiger partial charge in [-0.3, -0.25) is 0 Å². The first-order valence-corrected chi connectivity index (χ1v) is 7.13. The normalized spacial score (nSPS) is 49.2. The molecule has 0 aromatic carbocycles. The van der Waals surface area contributed by atoms with E-state index >= 15 is 0 Å². The highest BCUT2D eigenvalue weighted by Gasteiger charge is 2.63. The molecule has 114 valence electrons. The maximum Gasteiger partial charge on any atom is 0.188 e. The Balaban J connectivity index is 1.83. The van der Waals surface area contributed by atoms with E-state index in [9.17, 15) is 0 Å². The molecule has 3 rings (SSSR count). The Kier molecular flexibility index (Phi) is 3.09. The molecule has 3 fully saturated rings. The smallest absolute Gasteiger partial charge is 0.188 e. The van der Waals surface area contributed by atoms with Crippen molar-refractivity contribution in [1.29, 1.82) is 0 Å². The van der Waals surface area contributed by atoms with Crippen LogP contribution in [0.5, 0.6) is 0 Å². The van der Waals surface area contributed by atoms with Crippen LogP contribution < -0.4 is 0 Å². The fourth-order valence-corrected chi connectivity index (χ4v) is 3.29. The lowest BCUT2D eigenvalue weighted by molar-refractivity contribution is -0.232. The first-order chi connectivity index (χ1) is 9.17. The minimum atomic E-state index is -0.628. The van der Waals surface area contributed by atoms with Crippen LogP contribution in [0.3, 0.4) is 0 Å². The monoisotopic (exact) mass is 284 g/mol. The van der Waals surface area contributed by atoms with Gasteiger partial charge in [0.15, 0.2) is 17.9 Å². The SMILES string of the molecule is C=C[C@]1(C)[C@@H](C2COC(C)(C)O2)O[C@@H]2OC(C)(C)O[C@@H]21. The van der Waals surface area contributed by atoms with Gasteiger partial charge >= 0.3 is 0 Å². The number of fused-ring (bicyclic) bond motifs is 1. The van der Waals surface area contributed by atoms with Crippen molar-refractivity contribution in [3.8, 4) is 0 Å². The first-order valence-electron chi connectivity index (χ1n) is 7.13. The van der Waals surface area contributed by atoms with E-state index in [1.807, 2.05) is 33.8 Å². The van der Waals surface area contributed by atoms with Crippen LogP contribution >= 0.6 is 0 Å². The van der Waals surface area contributed by atoms with Gasteiger partial charge in [0.2, 0.25) is 0 Å². The molecule has 3 saturated heterocycles. The Bertz CT molecular complexity index is 418. The zero-order chi connectivity index (χ0) is 14.8. The second-order valence-electron chi connectivity index (χ2n) is 6.92. The molecule has 0 aromatic heterocycles. The summed E-state index contributed by atoms with van der Waals surface area (Å²) in [5.41, 5.74) is -0.368. The van der Waals surface area contributed by atoms with Gasteiger partial charge in [-0.15, -0.1) is 6.58 Å². The standard InChI is InChI=1S/C15H24O5/c1-7-15(6)10(9-8-16-13(2,3)18-9)17-12-11(15)19-14(4,5)20-12/h7,9-12H,1,8H2,2-6H3/t9?,10-,11+,12-,15-/m1/s1. The molecule has 0 N–H and O–H groups in total. The molecule has 0 bridgehead atoms. The molecule has 0 radical (unpaired) electrons. The molecule has 20 heavy (non-hydrogen) atoms. The Labute approximate surface area is 120 Å². The van der Waals surface area contributed by atoms with Gasteiger partial charge in [-0.1, -0.05) is 13.0 Å². The Hall–Kier alpha value is -0.460. The van der Waals surface area contributed by atoms with Crippen molar-refractivity contribution in [3.63, 3.8) is 0 Å². The Morgan fingerprint density at radius 3 is 2.20 bits per heavy atom. The number of hydrogen-bond donors (Lipinski definition) is 0. The average Bonchev–Trinajstić information content (AvgIpc) is 2.91. The summed E-state index contributed by atoms with van der Waals surface area (Å²) < 4.78 is 29.5. The summed E-state index contributed by atoms with van der Waals surface area (Å²) in [4.78, 5) is 0. The fraction of sp³-hybridized carbons (Fsp3) is 0.867. The zero-order valence-corrected chi connectivity index (χ0v) is 12.8. The third kappa shape index (κ3) is 2.12. The molecule has 1 unspecified atom stereocenters. The Morgan fingerprint density at radius 1 is 0.950 bits per heavy atom. The molecule has 3 heterocycles. The Morgan fingerprint density at radius 2 is 1.65 bits per heavy atom. The zero-order valence-electron chi connectivity index (χ0n) is 12.8. The highest BCUT2D eigenvalue weighted by molar-refractivity contribution is 5.12. The molecule has 5 heteroatoms. The highest BCUT2D eigenvalue weighted by atomic mass is 16.8. The molecular formula is C15H24O5. The number of hydrogen-bond acceptors (Lipinski definition) is 5. The first kappa shape index (κ1) is 14.5. The largest absolute Gasteiger partial charge is 0.348 e. The van der Waals surface area contributed by atoms with Crippen molar-refractivity contribution < 1.29 is 23.7 Å². The second kappa shape index (κ2) is 4.27. The summed E-state index contributed by atoms with van der Waals surface area (Å²) in [7, 11) is 0. The van der Waals surface area contributed by atoms with Crippen molar-refractivity contribution in [2.75, 3.05) is 6.61 Å². The lowest BCUT2D eigenvalue weighted by Gasteiger charge is -2.34. The molecular weight excluding hydrogens is 260 g/mol. The summed E-state index contributed by atoms with van der Waals surface area (Å²) in [6.07, 6.45) is 1.00. The van der Waals surface area contributed by atoms with Crippen LogP contribution in [0.4, 0.5) is 0 Å². The maximum atomic E-state index is 6.08. The van der Waals surface area contributed by atoms with E-state index in [4.69, 9.17) is 23.7 Å². The van der Waals surface area contributed by atoms with Crippen molar-refractivity contribution >= 4 is 0 Å². The summed E-state index contributed by atoms with van der Waals surface area (Å²) in [6.45, 7) is 14.2. The molecule has 3 aliphatic heterocycles. The van der Waals surface area contributed by atoms with Gasteiger partial charge in [0, 0.05) is 5.41 Å². The summed E-state index contributed by atoms with van der Waals surface area (Å²) in [5, 5.41) is 0. The predicted molar refractivity (Wildman–Crippen MR) is 71.9 cm³/mol. The summed E-state index contributed by atoms with van der Waals surface area (Å²) in [5.74, 6) is -1.20. The van der Waals surface area contributed by atoms with E-state index in [0.717, 1.165) is 0 Å². The lowest BCUT2D eigenvalue weighted by Crippen LogP contribution is -2.45. The quantitative estimate of drug-likeness (QED) is 0.728. The molecule has 3 aliphatic rings. The van der Waals surface area contributed by atoms with Crippen LogP contribution in [0.25, 0.3) is 0 Å². The van der Waals surface area contributed by atoms with E-state index in [1.54, 1.807) is 0 Å². The van der Waals surface area contributed by atoms with E-state index < -0.39 is 11.6 Å². The van der Waals surface area contributed by atoms with Gasteiger partial charge in [-0.05, 0) is 27.7 Å². The topological polar surface area (TPSA) is 46.2 Å². The molecule has 0 aliphatic carbocycles. The van der Waals surface area contributed by atoms with Crippen molar-refractivity contribution in [1.82, 2.24) is 0 Å². The molecule has 5 atom stereocenters. The molecule has 0 amide bonds. The van der Waals surface area contributed by atoms with Crippen LogP contribution in [0.2, 0.25) is 0 Å². The third-order valence-electron chi connectivity index (χ3n) is 4.37. The van der Waals surface area contributed by atoms with Gasteiger partial charge in [0.1, 0.15) is 18.3 Å². The van der Waals surface area contributed by atoms with E-state index in [2.05, 4.69) is 13.5 Å². The summed E-state index contributed by atoms with van der Waals surface area (Å²) >= 11 is 0. The predicted octanol–water partition coefficient (Wildman–Crippen LogP) is 2.21. The van der Waals surface area contributed by atoms with Gasteiger partial charge in [0.05, 0.1) is 6.61 Å². The third-order valence-corrected chi connectivity index (χ3v) is 4.37. The van der Waals surface area contributed by atoms with Crippen LogP contribution in [-0.2, 0) is 23.7 Å². The number of rotatable bonds is 2. The van der Waals surface area contributed by atoms with Crippen molar-refractivity contribution in [2.45, 2.75) is 70.8 Å². The molecule has 5 nitrogen and oxygen atoms in total. The van der Waals surface area contributed by atoms with Gasteiger partial charge in [-0.2, -0.15) is 0 Å². The molecule has 0 saturated carbocycles. The number of ether oxygens (including phenoxy) is 5. The maximum absolute atomic E-state index is 6.08. The lowest BCUT2D eigenvalue weighted by atomic mass is 9.78.